The number of methoxy groups -OCH3 is 1. The number of carbonyl (C=O) groups excluding carboxylic acids is 2. The van der Waals surface area contributed by atoms with E-state index in [9.17, 15) is 14.7 Å². The Labute approximate surface area is 200 Å². The summed E-state index contributed by atoms with van der Waals surface area (Å²) in [5.74, 6) is -1.39. The van der Waals surface area contributed by atoms with Gasteiger partial charge in [0.1, 0.15) is 5.76 Å². The Balaban J connectivity index is 1.93. The number of Topliss-reactive ketones (excluding diaryl/α,β-unsaturated/α-hetero) is 1. The van der Waals surface area contributed by atoms with Crippen molar-refractivity contribution >= 4 is 28.4 Å². The van der Waals surface area contributed by atoms with Gasteiger partial charge in [0.15, 0.2) is 0 Å². The van der Waals surface area contributed by atoms with Gasteiger partial charge in [-0.2, -0.15) is 0 Å². The molecule has 0 saturated carbocycles. The number of carbonyl (C=O) groups is 2. The molecule has 0 aliphatic carbocycles. The Morgan fingerprint density at radius 3 is 2.59 bits per heavy atom. The van der Waals surface area contributed by atoms with E-state index in [0.717, 1.165) is 27.6 Å². The van der Waals surface area contributed by atoms with Crippen LogP contribution in [0.1, 0.15) is 55.5 Å². The number of hydrogen-bond acceptors (Lipinski definition) is 4. The van der Waals surface area contributed by atoms with E-state index < -0.39 is 17.7 Å². The molecule has 2 N–H and O–H groups in total. The summed E-state index contributed by atoms with van der Waals surface area (Å²) < 4.78 is 5.17. The van der Waals surface area contributed by atoms with Gasteiger partial charge in [-0.3, -0.25) is 9.59 Å². The van der Waals surface area contributed by atoms with Crippen LogP contribution in [0, 0.1) is 6.92 Å². The third-order valence-electron chi connectivity index (χ3n) is 6.56. The second kappa shape index (κ2) is 9.11. The van der Waals surface area contributed by atoms with Crippen molar-refractivity contribution in [1.82, 2.24) is 9.88 Å². The highest BCUT2D eigenvalue weighted by atomic mass is 16.5. The summed E-state index contributed by atoms with van der Waals surface area (Å²) >= 11 is 0. The van der Waals surface area contributed by atoms with Crippen LogP contribution in [-0.4, -0.2) is 46.9 Å². The normalized spacial score (nSPS) is 18.3. The van der Waals surface area contributed by atoms with Crippen molar-refractivity contribution < 1.29 is 19.4 Å². The molecule has 34 heavy (non-hydrogen) atoms. The molecule has 1 saturated heterocycles. The number of aliphatic hydroxyl groups excluding tert-OH is 1. The molecule has 1 aliphatic heterocycles. The molecule has 6 heteroatoms. The number of H-pyrrole nitrogens is 1. The number of ketones is 1. The minimum absolute atomic E-state index is 0.126. The van der Waals surface area contributed by atoms with Crippen molar-refractivity contribution in [2.24, 2.45) is 0 Å². The highest BCUT2D eigenvalue weighted by molar-refractivity contribution is 6.46. The molecule has 3 aromatic rings. The van der Waals surface area contributed by atoms with E-state index in [4.69, 9.17) is 4.74 Å². The van der Waals surface area contributed by atoms with Gasteiger partial charge in [0.2, 0.25) is 0 Å². The van der Waals surface area contributed by atoms with E-state index >= 15 is 0 Å². The van der Waals surface area contributed by atoms with E-state index in [2.05, 4.69) is 25.8 Å². The van der Waals surface area contributed by atoms with E-state index in [-0.39, 0.29) is 16.7 Å². The highest BCUT2D eigenvalue weighted by Crippen LogP contribution is 2.42. The Kier molecular flexibility index (Phi) is 6.36. The van der Waals surface area contributed by atoms with Crippen molar-refractivity contribution in [1.29, 1.82) is 0 Å². The first-order chi connectivity index (χ1) is 16.1. The van der Waals surface area contributed by atoms with Gasteiger partial charge in [-0.05, 0) is 42.0 Å². The molecule has 1 aliphatic rings. The number of benzene rings is 2. The lowest BCUT2D eigenvalue weighted by Crippen LogP contribution is -2.31. The number of nitrogens with zero attached hydrogens (tertiary/aromatic N) is 1. The molecule has 1 amide bonds. The molecule has 1 aromatic heterocycles. The van der Waals surface area contributed by atoms with E-state index in [1.807, 2.05) is 55.6 Å². The third kappa shape index (κ3) is 4.14. The van der Waals surface area contributed by atoms with Crippen molar-refractivity contribution in [2.75, 3.05) is 20.3 Å². The number of aliphatic hydroxyl groups is 1. The predicted octanol–water partition coefficient (Wildman–Crippen LogP) is 5.23. The van der Waals surface area contributed by atoms with Crippen LogP contribution in [0.4, 0.5) is 0 Å². The topological polar surface area (TPSA) is 82.6 Å². The first kappa shape index (κ1) is 23.8. The number of aromatic amines is 1. The molecule has 178 valence electrons. The first-order valence-corrected chi connectivity index (χ1v) is 11.6. The van der Waals surface area contributed by atoms with Gasteiger partial charge < -0.3 is 19.7 Å². The number of fused-ring (bicyclic) bond motifs is 1. The number of rotatable bonds is 6. The van der Waals surface area contributed by atoms with Gasteiger partial charge >= 0.3 is 0 Å². The maximum atomic E-state index is 13.3. The average Bonchev–Trinajstić information content (AvgIpc) is 3.32. The molecule has 4 rings (SSSR count). The molecule has 1 atom stereocenters. The summed E-state index contributed by atoms with van der Waals surface area (Å²) in [5.41, 5.74) is 4.15. The van der Waals surface area contributed by atoms with E-state index in [1.54, 1.807) is 12.0 Å². The lowest BCUT2D eigenvalue weighted by Gasteiger charge is -2.25. The summed E-state index contributed by atoms with van der Waals surface area (Å²) in [6.45, 7) is 9.01. The van der Waals surface area contributed by atoms with Gasteiger partial charge in [-0.1, -0.05) is 51.1 Å². The van der Waals surface area contributed by atoms with Crippen LogP contribution in [0.15, 0.2) is 54.2 Å². The van der Waals surface area contributed by atoms with Crippen LogP contribution < -0.4 is 0 Å². The fraction of sp³-hybridized carbons (Fsp3) is 0.357. The summed E-state index contributed by atoms with van der Waals surface area (Å²) in [4.78, 5) is 31.3. The Morgan fingerprint density at radius 2 is 1.88 bits per heavy atom. The molecule has 2 aromatic carbocycles. The minimum atomic E-state index is -0.689. The predicted molar refractivity (Wildman–Crippen MR) is 134 cm³/mol. The standard InChI is InChI=1S/C28H32N2O4/c1-17-11-12-18(28(2,3)4)15-20(17)25(31)23-24(21-16-29-22-10-7-6-9-19(21)22)30(13-8-14-34-5)27(33)26(23)32/h6-7,9-12,15-16,24,29,31H,8,13-14H2,1-5H3/b25-23+. The first-order valence-electron chi connectivity index (χ1n) is 11.6. The number of hydrogen-bond donors (Lipinski definition) is 2. The number of aryl methyl sites for hydroxylation is 1. The molecule has 0 spiro atoms. The van der Waals surface area contributed by atoms with Crippen LogP contribution in [0.5, 0.6) is 0 Å². The molecule has 2 heterocycles. The van der Waals surface area contributed by atoms with Crippen LogP contribution >= 0.6 is 0 Å². The van der Waals surface area contributed by atoms with Gasteiger partial charge in [-0.15, -0.1) is 0 Å². The minimum Gasteiger partial charge on any atom is -0.507 e. The van der Waals surface area contributed by atoms with Crippen LogP contribution in [0.25, 0.3) is 16.7 Å². The summed E-state index contributed by atoms with van der Waals surface area (Å²) in [6.07, 6.45) is 2.41. The molecule has 0 radical (unpaired) electrons. The molecule has 1 fully saturated rings. The Hall–Kier alpha value is -3.38. The number of nitrogens with one attached hydrogen (secondary N) is 1. The maximum absolute atomic E-state index is 13.3. The lowest BCUT2D eigenvalue weighted by atomic mass is 9.84. The van der Waals surface area contributed by atoms with Gasteiger partial charge in [-0.25, -0.2) is 0 Å². The summed E-state index contributed by atoms with van der Waals surface area (Å²) in [7, 11) is 1.61. The van der Waals surface area contributed by atoms with E-state index in [0.29, 0.717) is 25.1 Å². The zero-order valence-corrected chi connectivity index (χ0v) is 20.4. The van der Waals surface area contributed by atoms with E-state index in [1.165, 1.54) is 0 Å². The Bertz CT molecular complexity index is 1280. The number of likely N-dealkylation sites (tertiary alicyclic amines) is 1. The molecule has 1 unspecified atom stereocenters. The largest absolute Gasteiger partial charge is 0.507 e. The number of para-hydroxylation sites is 1. The third-order valence-corrected chi connectivity index (χ3v) is 6.56. The molecular formula is C28H32N2O4. The monoisotopic (exact) mass is 460 g/mol. The van der Waals surface area contributed by atoms with Crippen molar-refractivity contribution in [2.45, 2.75) is 45.6 Å². The number of amides is 1. The van der Waals surface area contributed by atoms with Gasteiger partial charge in [0.25, 0.3) is 11.7 Å². The number of ether oxygens (including phenoxy) is 1. The van der Waals surface area contributed by atoms with Crippen molar-refractivity contribution in [3.63, 3.8) is 0 Å². The highest BCUT2D eigenvalue weighted by Gasteiger charge is 2.46. The van der Waals surface area contributed by atoms with Crippen LogP contribution in [-0.2, 0) is 19.7 Å². The second-order valence-corrected chi connectivity index (χ2v) is 9.91. The van der Waals surface area contributed by atoms with Gasteiger partial charge in [0, 0.05) is 48.5 Å². The number of aromatic nitrogens is 1. The zero-order valence-electron chi connectivity index (χ0n) is 20.4. The van der Waals surface area contributed by atoms with Gasteiger partial charge in [0.05, 0.1) is 11.6 Å². The summed E-state index contributed by atoms with van der Waals surface area (Å²) in [5, 5.41) is 12.5. The second-order valence-electron chi connectivity index (χ2n) is 9.91. The zero-order chi connectivity index (χ0) is 24.6. The van der Waals surface area contributed by atoms with Crippen LogP contribution in [0.2, 0.25) is 0 Å². The van der Waals surface area contributed by atoms with Crippen LogP contribution in [0.3, 0.4) is 0 Å². The maximum Gasteiger partial charge on any atom is 0.295 e. The van der Waals surface area contributed by atoms with Crippen molar-refractivity contribution in [3.05, 3.63) is 76.5 Å². The lowest BCUT2D eigenvalue weighted by molar-refractivity contribution is -0.140. The fourth-order valence-corrected chi connectivity index (χ4v) is 4.62. The fourth-order valence-electron chi connectivity index (χ4n) is 4.62. The summed E-state index contributed by atoms with van der Waals surface area (Å²) in [6, 6.07) is 13.0. The molecular weight excluding hydrogens is 428 g/mol. The molecule has 0 bridgehead atoms. The SMILES string of the molecule is COCCCN1C(=O)C(=O)/C(=C(/O)c2cc(C(C)(C)C)ccc2C)C1c1c[nH]c2ccccc12. The average molecular weight is 461 g/mol. The molecule has 6 nitrogen and oxygen atoms in total. The Morgan fingerprint density at radius 1 is 1.15 bits per heavy atom. The quantitative estimate of drug-likeness (QED) is 0.228. The van der Waals surface area contributed by atoms with Crippen molar-refractivity contribution in [3.8, 4) is 0 Å². The smallest absolute Gasteiger partial charge is 0.295 e.